The third-order valence-corrected chi connectivity index (χ3v) is 4.00. The van der Waals surface area contributed by atoms with Crippen LogP contribution in [-0.4, -0.2) is 28.4 Å². The van der Waals surface area contributed by atoms with E-state index >= 15 is 0 Å². The van der Waals surface area contributed by atoms with Gasteiger partial charge in [0.05, 0.1) is 12.2 Å². The highest BCUT2D eigenvalue weighted by molar-refractivity contribution is 6.31. The monoisotopic (exact) mass is 344 g/mol. The van der Waals surface area contributed by atoms with Crippen LogP contribution in [0.3, 0.4) is 0 Å². The van der Waals surface area contributed by atoms with Crippen molar-refractivity contribution in [1.29, 1.82) is 0 Å². The Bertz CT molecular complexity index is 812. The van der Waals surface area contributed by atoms with Crippen LogP contribution in [0.2, 0.25) is 5.02 Å². The van der Waals surface area contributed by atoms with Crippen LogP contribution in [0, 0.1) is 0 Å². The molecule has 0 aliphatic carbocycles. The molecule has 0 spiro atoms. The molecule has 1 aliphatic heterocycles. The van der Waals surface area contributed by atoms with E-state index in [0.29, 0.717) is 34.6 Å². The second kappa shape index (κ2) is 6.88. The third kappa shape index (κ3) is 3.05. The predicted octanol–water partition coefficient (Wildman–Crippen LogP) is 2.99. The number of H-pyrrole nitrogens is 1. The van der Waals surface area contributed by atoms with E-state index in [0.717, 1.165) is 5.56 Å². The van der Waals surface area contributed by atoms with Gasteiger partial charge in [0, 0.05) is 28.7 Å². The van der Waals surface area contributed by atoms with Gasteiger partial charge in [0.2, 0.25) is 0 Å². The fourth-order valence-electron chi connectivity index (χ4n) is 2.59. The Morgan fingerprint density at radius 3 is 2.83 bits per heavy atom. The lowest BCUT2D eigenvalue weighted by Gasteiger charge is -2.26. The van der Waals surface area contributed by atoms with Gasteiger partial charge in [-0.3, -0.25) is 4.99 Å². The summed E-state index contributed by atoms with van der Waals surface area (Å²) >= 11 is 6.34. The number of carbonyl (C=O) groups excluding carboxylic acids is 1. The van der Waals surface area contributed by atoms with Crippen LogP contribution in [-0.2, 0) is 9.53 Å². The first-order valence-corrected chi connectivity index (χ1v) is 7.96. The van der Waals surface area contributed by atoms with Crippen molar-refractivity contribution < 1.29 is 9.53 Å². The van der Waals surface area contributed by atoms with E-state index in [-0.39, 0.29) is 0 Å². The molecule has 0 fully saturated rings. The summed E-state index contributed by atoms with van der Waals surface area (Å²) in [5.41, 5.74) is 1.85. The SMILES string of the molecule is CCOC(=O)C1=C(C)NC(c2ncc[nH]2)=N[C@H]1c1ccccc1Cl. The smallest absolute Gasteiger partial charge is 0.338 e. The molecule has 7 heteroatoms. The minimum atomic E-state index is -0.556. The van der Waals surface area contributed by atoms with Crippen LogP contribution < -0.4 is 5.32 Å². The lowest BCUT2D eigenvalue weighted by Crippen LogP contribution is -2.33. The number of esters is 1. The summed E-state index contributed by atoms with van der Waals surface area (Å²) < 4.78 is 5.20. The molecule has 1 aromatic carbocycles. The minimum absolute atomic E-state index is 0.291. The van der Waals surface area contributed by atoms with Crippen molar-refractivity contribution in [2.24, 2.45) is 4.99 Å². The molecule has 2 N–H and O–H groups in total. The Kier molecular flexibility index (Phi) is 4.66. The maximum absolute atomic E-state index is 12.4. The molecule has 3 rings (SSSR count). The summed E-state index contributed by atoms with van der Waals surface area (Å²) in [6.07, 6.45) is 3.36. The molecule has 1 aromatic heterocycles. The molecular formula is C17H17ClN4O2. The Labute approximate surface area is 144 Å². The van der Waals surface area contributed by atoms with E-state index in [1.54, 1.807) is 25.4 Å². The lowest BCUT2D eigenvalue weighted by molar-refractivity contribution is -0.138. The van der Waals surface area contributed by atoms with Crippen molar-refractivity contribution in [3.8, 4) is 0 Å². The van der Waals surface area contributed by atoms with Gasteiger partial charge in [0.1, 0.15) is 6.04 Å². The molecule has 0 saturated carbocycles. The Balaban J connectivity index is 2.10. The van der Waals surface area contributed by atoms with E-state index in [4.69, 9.17) is 16.3 Å². The zero-order valence-corrected chi connectivity index (χ0v) is 14.1. The quantitative estimate of drug-likeness (QED) is 0.836. The maximum atomic E-state index is 12.4. The molecule has 2 aromatic rings. The number of nitrogens with zero attached hydrogens (tertiary/aromatic N) is 2. The van der Waals surface area contributed by atoms with Crippen LogP contribution in [0.5, 0.6) is 0 Å². The summed E-state index contributed by atoms with van der Waals surface area (Å²) in [4.78, 5) is 24.3. The van der Waals surface area contributed by atoms with Crippen LogP contribution >= 0.6 is 11.6 Å². The molecule has 124 valence electrons. The van der Waals surface area contributed by atoms with Gasteiger partial charge in [0.25, 0.3) is 0 Å². The van der Waals surface area contributed by atoms with Gasteiger partial charge in [0.15, 0.2) is 11.7 Å². The molecule has 6 nitrogen and oxygen atoms in total. The lowest BCUT2D eigenvalue weighted by atomic mass is 9.96. The number of nitrogens with one attached hydrogen (secondary N) is 2. The number of amidine groups is 1. The number of aromatic amines is 1. The summed E-state index contributed by atoms with van der Waals surface area (Å²) in [5, 5.41) is 3.66. The first-order chi connectivity index (χ1) is 11.6. The van der Waals surface area contributed by atoms with E-state index < -0.39 is 12.0 Å². The Morgan fingerprint density at radius 2 is 2.17 bits per heavy atom. The number of aliphatic imine (C=N–C) groups is 1. The van der Waals surface area contributed by atoms with Crippen molar-refractivity contribution in [3.05, 3.63) is 64.3 Å². The van der Waals surface area contributed by atoms with Crippen molar-refractivity contribution >= 4 is 23.4 Å². The number of carbonyl (C=O) groups is 1. The van der Waals surface area contributed by atoms with Gasteiger partial charge in [-0.1, -0.05) is 29.8 Å². The van der Waals surface area contributed by atoms with E-state index in [1.165, 1.54) is 0 Å². The number of benzene rings is 1. The molecule has 0 amide bonds. The molecule has 0 saturated heterocycles. The number of halogens is 1. The zero-order valence-electron chi connectivity index (χ0n) is 13.3. The first kappa shape index (κ1) is 16.3. The minimum Gasteiger partial charge on any atom is -0.463 e. The average molecular weight is 345 g/mol. The van der Waals surface area contributed by atoms with Crippen molar-refractivity contribution in [1.82, 2.24) is 15.3 Å². The molecule has 0 unspecified atom stereocenters. The number of rotatable bonds is 4. The fraction of sp³-hybridized carbons (Fsp3) is 0.235. The molecule has 1 aliphatic rings. The number of aromatic nitrogens is 2. The molecular weight excluding hydrogens is 328 g/mol. The predicted molar refractivity (Wildman–Crippen MR) is 91.8 cm³/mol. The van der Waals surface area contributed by atoms with Gasteiger partial charge in [-0.05, 0) is 19.9 Å². The average Bonchev–Trinajstić information content (AvgIpc) is 3.09. The first-order valence-electron chi connectivity index (χ1n) is 7.58. The number of hydrogen-bond donors (Lipinski definition) is 2. The van der Waals surface area contributed by atoms with Crippen molar-refractivity contribution in [2.75, 3.05) is 6.61 Å². The van der Waals surface area contributed by atoms with Crippen molar-refractivity contribution in [3.63, 3.8) is 0 Å². The highest BCUT2D eigenvalue weighted by Crippen LogP contribution is 2.35. The van der Waals surface area contributed by atoms with Gasteiger partial charge in [-0.15, -0.1) is 0 Å². The normalized spacial score (nSPS) is 17.3. The van der Waals surface area contributed by atoms with Gasteiger partial charge in [-0.2, -0.15) is 0 Å². The summed E-state index contributed by atoms with van der Waals surface area (Å²) in [7, 11) is 0. The van der Waals surface area contributed by atoms with Crippen molar-refractivity contribution in [2.45, 2.75) is 19.9 Å². The number of allylic oxidation sites excluding steroid dienone is 1. The molecule has 0 radical (unpaired) electrons. The van der Waals surface area contributed by atoms with E-state index in [9.17, 15) is 4.79 Å². The summed E-state index contributed by atoms with van der Waals surface area (Å²) in [6.45, 7) is 3.87. The number of imidazole rings is 1. The number of hydrogen-bond acceptors (Lipinski definition) is 5. The Morgan fingerprint density at radius 1 is 1.38 bits per heavy atom. The van der Waals surface area contributed by atoms with Crippen LogP contribution in [0.25, 0.3) is 0 Å². The van der Waals surface area contributed by atoms with Crippen LogP contribution in [0.1, 0.15) is 31.3 Å². The highest BCUT2D eigenvalue weighted by atomic mass is 35.5. The van der Waals surface area contributed by atoms with Gasteiger partial charge < -0.3 is 15.0 Å². The van der Waals surface area contributed by atoms with E-state index in [1.807, 2.05) is 25.1 Å². The number of ether oxygens (including phenoxy) is 1. The zero-order chi connectivity index (χ0) is 17.1. The third-order valence-electron chi connectivity index (χ3n) is 3.66. The maximum Gasteiger partial charge on any atom is 0.338 e. The fourth-order valence-corrected chi connectivity index (χ4v) is 2.83. The molecule has 0 bridgehead atoms. The largest absolute Gasteiger partial charge is 0.463 e. The van der Waals surface area contributed by atoms with Gasteiger partial charge in [-0.25, -0.2) is 9.78 Å². The summed E-state index contributed by atoms with van der Waals surface area (Å²) in [5.74, 6) is 0.736. The summed E-state index contributed by atoms with van der Waals surface area (Å²) in [6, 6.07) is 6.78. The second-order valence-corrected chi connectivity index (χ2v) is 5.63. The van der Waals surface area contributed by atoms with Crippen LogP contribution in [0.15, 0.2) is 52.9 Å². The Hall–Kier alpha value is -2.60. The van der Waals surface area contributed by atoms with Crippen LogP contribution in [0.4, 0.5) is 0 Å². The molecule has 1 atom stereocenters. The molecule has 24 heavy (non-hydrogen) atoms. The van der Waals surface area contributed by atoms with Gasteiger partial charge >= 0.3 is 5.97 Å². The van der Waals surface area contributed by atoms with E-state index in [2.05, 4.69) is 20.3 Å². The second-order valence-electron chi connectivity index (χ2n) is 5.22. The highest BCUT2D eigenvalue weighted by Gasteiger charge is 2.32. The standard InChI is InChI=1S/C17H17ClN4O2/c1-3-24-17(23)13-10(2)21-16(15-19-8-9-20-15)22-14(13)11-6-4-5-7-12(11)18/h4-9,14H,3H2,1-2H3,(H,19,20)(H,21,22)/t14-/m0/s1. The molecule has 2 heterocycles. The topological polar surface area (TPSA) is 79.4 Å².